The SMILES string of the molecule is CN1CCCC1C(O)c1ccc(O)cc1N. The zero-order valence-corrected chi connectivity index (χ0v) is 9.43. The maximum Gasteiger partial charge on any atom is 0.117 e. The molecule has 4 heteroatoms. The van der Waals surface area contributed by atoms with E-state index in [-0.39, 0.29) is 11.8 Å². The lowest BCUT2D eigenvalue weighted by Crippen LogP contribution is -2.31. The van der Waals surface area contributed by atoms with E-state index in [4.69, 9.17) is 5.73 Å². The van der Waals surface area contributed by atoms with Crippen LogP contribution in [0.25, 0.3) is 0 Å². The van der Waals surface area contributed by atoms with Crippen LogP contribution in [0.5, 0.6) is 5.75 Å². The Kier molecular flexibility index (Phi) is 3.03. The second-order valence-corrected chi connectivity index (χ2v) is 4.45. The highest BCUT2D eigenvalue weighted by Gasteiger charge is 2.29. The molecule has 1 fully saturated rings. The summed E-state index contributed by atoms with van der Waals surface area (Å²) in [5, 5.41) is 19.5. The molecule has 4 N–H and O–H groups in total. The van der Waals surface area contributed by atoms with Crippen LogP contribution in [-0.4, -0.2) is 34.7 Å². The van der Waals surface area contributed by atoms with Gasteiger partial charge in [0.1, 0.15) is 5.75 Å². The van der Waals surface area contributed by atoms with Crippen LogP contribution in [0.2, 0.25) is 0 Å². The van der Waals surface area contributed by atoms with E-state index in [1.807, 2.05) is 7.05 Å². The number of phenols is 1. The topological polar surface area (TPSA) is 69.7 Å². The predicted molar refractivity (Wildman–Crippen MR) is 63.1 cm³/mol. The third-order valence-corrected chi connectivity index (χ3v) is 3.33. The molecule has 0 saturated carbocycles. The van der Waals surface area contributed by atoms with Crippen molar-refractivity contribution < 1.29 is 10.2 Å². The molecule has 0 aromatic heterocycles. The number of phenolic OH excluding ortho intramolecular Hbond substituents is 1. The number of aliphatic hydroxyl groups is 1. The van der Waals surface area contributed by atoms with Gasteiger partial charge in [0.05, 0.1) is 6.10 Å². The Labute approximate surface area is 95.3 Å². The molecule has 0 radical (unpaired) electrons. The van der Waals surface area contributed by atoms with Gasteiger partial charge in [-0.15, -0.1) is 0 Å². The van der Waals surface area contributed by atoms with Crippen molar-refractivity contribution >= 4 is 5.69 Å². The summed E-state index contributed by atoms with van der Waals surface area (Å²) in [5.74, 6) is 0.133. The van der Waals surface area contributed by atoms with E-state index in [9.17, 15) is 10.2 Å². The van der Waals surface area contributed by atoms with Gasteiger partial charge in [-0.3, -0.25) is 0 Å². The number of benzene rings is 1. The molecule has 1 heterocycles. The number of hydrogen-bond acceptors (Lipinski definition) is 4. The van der Waals surface area contributed by atoms with Crippen LogP contribution in [-0.2, 0) is 0 Å². The molecule has 0 amide bonds. The smallest absolute Gasteiger partial charge is 0.117 e. The summed E-state index contributed by atoms with van der Waals surface area (Å²) >= 11 is 0. The van der Waals surface area contributed by atoms with Crippen LogP contribution in [0.1, 0.15) is 24.5 Å². The molecule has 2 unspecified atom stereocenters. The molecule has 0 spiro atoms. The Morgan fingerprint density at radius 1 is 1.50 bits per heavy atom. The maximum atomic E-state index is 10.3. The van der Waals surface area contributed by atoms with Crippen LogP contribution >= 0.6 is 0 Å². The summed E-state index contributed by atoms with van der Waals surface area (Å²) in [6.45, 7) is 1.01. The van der Waals surface area contributed by atoms with Gasteiger partial charge in [0.25, 0.3) is 0 Å². The van der Waals surface area contributed by atoms with Gasteiger partial charge in [0, 0.05) is 23.4 Å². The number of aliphatic hydroxyl groups excluding tert-OH is 1. The number of nitrogens with two attached hydrogens (primary N) is 1. The van der Waals surface area contributed by atoms with Gasteiger partial charge in [0.15, 0.2) is 0 Å². The van der Waals surface area contributed by atoms with Crippen molar-refractivity contribution in [1.29, 1.82) is 0 Å². The number of nitrogen functional groups attached to an aromatic ring is 1. The van der Waals surface area contributed by atoms with E-state index in [0.717, 1.165) is 19.4 Å². The second kappa shape index (κ2) is 4.31. The lowest BCUT2D eigenvalue weighted by Gasteiger charge is -2.26. The standard InChI is InChI=1S/C12H18N2O2/c1-14-6-2-3-11(14)12(16)9-5-4-8(15)7-10(9)13/h4-5,7,11-12,15-16H,2-3,6,13H2,1H3. The van der Waals surface area contributed by atoms with Gasteiger partial charge in [0.2, 0.25) is 0 Å². The quantitative estimate of drug-likeness (QED) is 0.655. The van der Waals surface area contributed by atoms with Gasteiger partial charge in [-0.25, -0.2) is 0 Å². The first-order valence-corrected chi connectivity index (χ1v) is 5.56. The highest BCUT2D eigenvalue weighted by Crippen LogP contribution is 2.32. The summed E-state index contributed by atoms with van der Waals surface area (Å²) in [5.41, 5.74) is 6.95. The lowest BCUT2D eigenvalue weighted by molar-refractivity contribution is 0.0862. The minimum absolute atomic E-state index is 0.131. The average molecular weight is 222 g/mol. The predicted octanol–water partition coefficient (Wildman–Crippen LogP) is 1.10. The number of anilines is 1. The van der Waals surface area contributed by atoms with Crippen molar-refractivity contribution in [2.75, 3.05) is 19.3 Å². The van der Waals surface area contributed by atoms with Crippen LogP contribution in [0.15, 0.2) is 18.2 Å². The van der Waals surface area contributed by atoms with Crippen LogP contribution in [0.3, 0.4) is 0 Å². The van der Waals surface area contributed by atoms with Gasteiger partial charge < -0.3 is 20.8 Å². The summed E-state index contributed by atoms with van der Waals surface area (Å²) in [6, 6.07) is 4.87. The molecule has 1 saturated heterocycles. The Bertz CT molecular complexity index is 381. The fourth-order valence-electron chi connectivity index (χ4n) is 2.37. The van der Waals surface area contributed by atoms with Crippen LogP contribution in [0.4, 0.5) is 5.69 Å². The highest BCUT2D eigenvalue weighted by molar-refractivity contribution is 5.52. The number of rotatable bonds is 2. The van der Waals surface area contributed by atoms with Crippen molar-refractivity contribution in [3.8, 4) is 5.75 Å². The first-order valence-electron chi connectivity index (χ1n) is 5.56. The molecule has 1 aliphatic rings. The second-order valence-electron chi connectivity index (χ2n) is 4.45. The average Bonchev–Trinajstić information content (AvgIpc) is 2.63. The third-order valence-electron chi connectivity index (χ3n) is 3.33. The Balaban J connectivity index is 2.23. The van der Waals surface area contributed by atoms with Crippen molar-refractivity contribution in [3.63, 3.8) is 0 Å². The summed E-state index contributed by atoms with van der Waals surface area (Å²) < 4.78 is 0. The van der Waals surface area contributed by atoms with E-state index >= 15 is 0 Å². The van der Waals surface area contributed by atoms with E-state index in [1.165, 1.54) is 6.07 Å². The first kappa shape index (κ1) is 11.2. The van der Waals surface area contributed by atoms with Gasteiger partial charge >= 0.3 is 0 Å². The van der Waals surface area contributed by atoms with Crippen molar-refractivity contribution in [2.45, 2.75) is 25.0 Å². The molecule has 4 nitrogen and oxygen atoms in total. The maximum absolute atomic E-state index is 10.3. The normalized spacial score (nSPS) is 23.5. The molecule has 88 valence electrons. The number of likely N-dealkylation sites (N-methyl/N-ethyl adjacent to an activating group) is 1. The van der Waals surface area contributed by atoms with E-state index < -0.39 is 6.10 Å². The van der Waals surface area contributed by atoms with Crippen LogP contribution in [0, 0.1) is 0 Å². The van der Waals surface area contributed by atoms with E-state index in [1.54, 1.807) is 12.1 Å². The Hall–Kier alpha value is -1.26. The molecule has 16 heavy (non-hydrogen) atoms. The van der Waals surface area contributed by atoms with Gasteiger partial charge in [-0.1, -0.05) is 6.07 Å². The number of likely N-dealkylation sites (tertiary alicyclic amines) is 1. The third kappa shape index (κ3) is 1.99. The minimum atomic E-state index is -0.576. The lowest BCUT2D eigenvalue weighted by atomic mass is 9.99. The first-order chi connectivity index (χ1) is 7.59. The van der Waals surface area contributed by atoms with Crippen molar-refractivity contribution in [2.24, 2.45) is 0 Å². The molecule has 1 aromatic rings. The number of aromatic hydroxyl groups is 1. The number of nitrogens with zero attached hydrogens (tertiary/aromatic N) is 1. The molecule has 1 aromatic carbocycles. The Morgan fingerprint density at radius 3 is 2.81 bits per heavy atom. The summed E-state index contributed by atoms with van der Waals surface area (Å²) in [6.07, 6.45) is 1.52. The molecule has 2 atom stereocenters. The molecule has 1 aliphatic heterocycles. The molecule has 0 aliphatic carbocycles. The summed E-state index contributed by atoms with van der Waals surface area (Å²) in [7, 11) is 2.01. The van der Waals surface area contributed by atoms with E-state index in [0.29, 0.717) is 11.3 Å². The fraction of sp³-hybridized carbons (Fsp3) is 0.500. The number of hydrogen-bond donors (Lipinski definition) is 3. The van der Waals surface area contributed by atoms with Gasteiger partial charge in [-0.2, -0.15) is 0 Å². The van der Waals surface area contributed by atoms with Crippen LogP contribution < -0.4 is 5.73 Å². The van der Waals surface area contributed by atoms with Crippen molar-refractivity contribution in [3.05, 3.63) is 23.8 Å². The Morgan fingerprint density at radius 2 is 2.25 bits per heavy atom. The van der Waals surface area contributed by atoms with E-state index in [2.05, 4.69) is 4.90 Å². The monoisotopic (exact) mass is 222 g/mol. The molecule has 2 rings (SSSR count). The molecular weight excluding hydrogens is 204 g/mol. The van der Waals surface area contributed by atoms with Crippen molar-refractivity contribution in [1.82, 2.24) is 4.90 Å². The highest BCUT2D eigenvalue weighted by atomic mass is 16.3. The molecular formula is C12H18N2O2. The largest absolute Gasteiger partial charge is 0.508 e. The summed E-state index contributed by atoms with van der Waals surface area (Å²) in [4.78, 5) is 2.15. The zero-order chi connectivity index (χ0) is 11.7. The fourth-order valence-corrected chi connectivity index (χ4v) is 2.37. The van der Waals surface area contributed by atoms with Gasteiger partial charge in [-0.05, 0) is 32.5 Å². The molecule has 0 bridgehead atoms. The zero-order valence-electron chi connectivity index (χ0n) is 9.43. The minimum Gasteiger partial charge on any atom is -0.508 e.